The van der Waals surface area contributed by atoms with Gasteiger partial charge in [0, 0.05) is 24.4 Å². The summed E-state index contributed by atoms with van der Waals surface area (Å²) in [5.41, 5.74) is 1.08. The van der Waals surface area contributed by atoms with Crippen LogP contribution in [0, 0.1) is 0 Å². The first-order valence-electron chi connectivity index (χ1n) is 5.62. The lowest BCUT2D eigenvalue weighted by Crippen LogP contribution is -2.29. The van der Waals surface area contributed by atoms with Crippen molar-refractivity contribution in [2.75, 3.05) is 19.7 Å². The number of carbonyl (C=O) groups is 1. The molecule has 4 nitrogen and oxygen atoms in total. The molecule has 0 radical (unpaired) electrons. The van der Waals surface area contributed by atoms with Gasteiger partial charge in [-0.05, 0) is 13.5 Å². The van der Waals surface area contributed by atoms with Crippen LogP contribution >= 0.6 is 11.3 Å². The minimum Gasteiger partial charge on any atom is -0.461 e. The van der Waals surface area contributed by atoms with Crippen LogP contribution in [0.5, 0.6) is 0 Å². The van der Waals surface area contributed by atoms with Crippen LogP contribution in [0.4, 0.5) is 0 Å². The Hall–Kier alpha value is -0.940. The summed E-state index contributed by atoms with van der Waals surface area (Å²) in [5.74, 6) is -0.287. The smallest absolute Gasteiger partial charge is 0.367 e. The van der Waals surface area contributed by atoms with Crippen molar-refractivity contribution in [2.24, 2.45) is 0 Å². The molecule has 0 N–H and O–H groups in total. The number of hydrogen-bond donors (Lipinski definition) is 0. The predicted octanol–water partition coefficient (Wildman–Crippen LogP) is 1.70. The van der Waals surface area contributed by atoms with E-state index in [1.54, 1.807) is 0 Å². The molecule has 0 amide bonds. The number of carbonyl (C=O) groups excluding carboxylic acids is 1. The third-order valence-corrected chi connectivity index (χ3v) is 3.77. The highest BCUT2D eigenvalue weighted by atomic mass is 32.1. The zero-order valence-corrected chi connectivity index (χ0v) is 10.5. The number of fused-ring (bicyclic) bond motifs is 1. The molecule has 0 bridgehead atoms. The van der Waals surface area contributed by atoms with Gasteiger partial charge in [-0.2, -0.15) is 0 Å². The second-order valence-corrected chi connectivity index (χ2v) is 4.81. The van der Waals surface area contributed by atoms with Crippen molar-refractivity contribution < 1.29 is 9.53 Å². The first-order chi connectivity index (χ1) is 7.74. The van der Waals surface area contributed by atoms with Crippen LogP contribution in [0.15, 0.2) is 0 Å². The molecule has 0 saturated heterocycles. The number of esters is 1. The molecule has 16 heavy (non-hydrogen) atoms. The topological polar surface area (TPSA) is 42.4 Å². The van der Waals surface area contributed by atoms with Gasteiger partial charge in [0.15, 0.2) is 0 Å². The van der Waals surface area contributed by atoms with E-state index in [0.29, 0.717) is 11.6 Å². The van der Waals surface area contributed by atoms with Gasteiger partial charge in [-0.3, -0.25) is 4.90 Å². The maximum absolute atomic E-state index is 11.5. The molecule has 2 rings (SSSR count). The molecule has 0 unspecified atom stereocenters. The number of thiazole rings is 1. The van der Waals surface area contributed by atoms with E-state index in [-0.39, 0.29) is 5.97 Å². The van der Waals surface area contributed by atoms with Gasteiger partial charge in [0.25, 0.3) is 0 Å². The standard InChI is InChI=1S/C11H16N2O2S/c1-3-13-6-5-8-9(7-13)16-10(12-8)11(14)15-4-2/h3-7H2,1-2H3. The normalized spacial score (nSPS) is 15.9. The molecular formula is C11H16N2O2S. The summed E-state index contributed by atoms with van der Waals surface area (Å²) in [6.45, 7) is 7.37. The summed E-state index contributed by atoms with van der Waals surface area (Å²) < 4.78 is 4.95. The van der Waals surface area contributed by atoms with Gasteiger partial charge in [0.2, 0.25) is 5.01 Å². The molecule has 2 heterocycles. The highest BCUT2D eigenvalue weighted by Gasteiger charge is 2.22. The fraction of sp³-hybridized carbons (Fsp3) is 0.636. The summed E-state index contributed by atoms with van der Waals surface area (Å²) >= 11 is 1.48. The zero-order chi connectivity index (χ0) is 11.5. The van der Waals surface area contributed by atoms with E-state index in [2.05, 4.69) is 16.8 Å². The van der Waals surface area contributed by atoms with Crippen LogP contribution in [0.25, 0.3) is 0 Å². The minimum absolute atomic E-state index is 0.287. The summed E-state index contributed by atoms with van der Waals surface area (Å²) in [5, 5.41) is 0.504. The molecule has 0 fully saturated rings. The van der Waals surface area contributed by atoms with Crippen LogP contribution in [-0.2, 0) is 17.7 Å². The number of aromatic nitrogens is 1. The minimum atomic E-state index is -0.287. The Kier molecular flexibility index (Phi) is 3.56. The SMILES string of the molecule is CCOC(=O)c1nc2c(s1)CN(CC)CC2. The zero-order valence-electron chi connectivity index (χ0n) is 9.65. The lowest BCUT2D eigenvalue weighted by molar-refractivity contribution is 0.0525. The van der Waals surface area contributed by atoms with Crippen LogP contribution < -0.4 is 0 Å². The molecule has 0 aliphatic carbocycles. The Balaban J connectivity index is 2.15. The summed E-state index contributed by atoms with van der Waals surface area (Å²) in [6.07, 6.45) is 0.944. The van der Waals surface area contributed by atoms with Gasteiger partial charge in [0.05, 0.1) is 12.3 Å². The monoisotopic (exact) mass is 240 g/mol. The quantitative estimate of drug-likeness (QED) is 0.754. The second-order valence-electron chi connectivity index (χ2n) is 3.73. The highest BCUT2D eigenvalue weighted by molar-refractivity contribution is 7.13. The average molecular weight is 240 g/mol. The Morgan fingerprint density at radius 2 is 2.38 bits per heavy atom. The maximum atomic E-state index is 11.5. The third-order valence-electron chi connectivity index (χ3n) is 2.71. The Morgan fingerprint density at radius 1 is 1.56 bits per heavy atom. The van der Waals surface area contributed by atoms with E-state index in [0.717, 1.165) is 31.7 Å². The third kappa shape index (κ3) is 2.25. The average Bonchev–Trinajstić information content (AvgIpc) is 2.71. The van der Waals surface area contributed by atoms with E-state index in [1.165, 1.54) is 16.2 Å². The van der Waals surface area contributed by atoms with Crippen molar-refractivity contribution in [3.8, 4) is 0 Å². The number of hydrogen-bond acceptors (Lipinski definition) is 5. The van der Waals surface area contributed by atoms with E-state index in [9.17, 15) is 4.79 Å². The molecule has 0 atom stereocenters. The van der Waals surface area contributed by atoms with Crippen LogP contribution in [0.1, 0.15) is 34.2 Å². The van der Waals surface area contributed by atoms with Crippen molar-refractivity contribution in [1.82, 2.24) is 9.88 Å². The van der Waals surface area contributed by atoms with Gasteiger partial charge in [-0.25, -0.2) is 9.78 Å². The summed E-state index contributed by atoms with van der Waals surface area (Å²) in [6, 6.07) is 0. The van der Waals surface area contributed by atoms with Crippen LogP contribution in [-0.4, -0.2) is 35.5 Å². The van der Waals surface area contributed by atoms with Crippen molar-refractivity contribution in [1.29, 1.82) is 0 Å². The van der Waals surface area contributed by atoms with Gasteiger partial charge in [-0.15, -0.1) is 11.3 Å². The molecule has 5 heteroatoms. The Morgan fingerprint density at radius 3 is 3.06 bits per heavy atom. The van der Waals surface area contributed by atoms with E-state index < -0.39 is 0 Å². The maximum Gasteiger partial charge on any atom is 0.367 e. The van der Waals surface area contributed by atoms with Crippen LogP contribution in [0.2, 0.25) is 0 Å². The van der Waals surface area contributed by atoms with Crippen molar-refractivity contribution in [2.45, 2.75) is 26.8 Å². The van der Waals surface area contributed by atoms with E-state index >= 15 is 0 Å². The lowest BCUT2D eigenvalue weighted by atomic mass is 10.2. The Bertz CT molecular complexity index is 389. The molecule has 0 aromatic carbocycles. The van der Waals surface area contributed by atoms with Gasteiger partial charge in [0.1, 0.15) is 0 Å². The second kappa shape index (κ2) is 4.93. The fourth-order valence-electron chi connectivity index (χ4n) is 1.80. The number of rotatable bonds is 3. The molecule has 0 spiro atoms. The number of nitrogens with zero attached hydrogens (tertiary/aromatic N) is 2. The molecular weight excluding hydrogens is 224 g/mol. The van der Waals surface area contributed by atoms with Crippen molar-refractivity contribution in [3.63, 3.8) is 0 Å². The first-order valence-corrected chi connectivity index (χ1v) is 6.44. The van der Waals surface area contributed by atoms with E-state index in [4.69, 9.17) is 4.74 Å². The lowest BCUT2D eigenvalue weighted by Gasteiger charge is -2.23. The highest BCUT2D eigenvalue weighted by Crippen LogP contribution is 2.25. The molecule has 1 aromatic heterocycles. The number of ether oxygens (including phenoxy) is 1. The van der Waals surface area contributed by atoms with Crippen molar-refractivity contribution in [3.05, 3.63) is 15.6 Å². The summed E-state index contributed by atoms with van der Waals surface area (Å²) in [4.78, 5) is 19.5. The molecule has 1 aromatic rings. The fourth-order valence-corrected chi connectivity index (χ4v) is 2.84. The van der Waals surface area contributed by atoms with Gasteiger partial charge >= 0.3 is 5.97 Å². The molecule has 1 aliphatic heterocycles. The van der Waals surface area contributed by atoms with Gasteiger partial charge < -0.3 is 4.74 Å². The predicted molar refractivity (Wildman–Crippen MR) is 62.7 cm³/mol. The first kappa shape index (κ1) is 11.5. The van der Waals surface area contributed by atoms with E-state index in [1.807, 2.05) is 6.92 Å². The summed E-state index contributed by atoms with van der Waals surface area (Å²) in [7, 11) is 0. The largest absolute Gasteiger partial charge is 0.461 e. The molecule has 0 saturated carbocycles. The van der Waals surface area contributed by atoms with Crippen molar-refractivity contribution >= 4 is 17.3 Å². The molecule has 1 aliphatic rings. The molecule has 88 valence electrons. The van der Waals surface area contributed by atoms with Crippen LogP contribution in [0.3, 0.4) is 0 Å². The van der Waals surface area contributed by atoms with Gasteiger partial charge in [-0.1, -0.05) is 6.92 Å². The number of likely N-dealkylation sites (N-methyl/N-ethyl adjacent to an activating group) is 1. The Labute approximate surface area is 99.2 Å².